The van der Waals surface area contributed by atoms with Gasteiger partial charge in [-0.15, -0.1) is 0 Å². The summed E-state index contributed by atoms with van der Waals surface area (Å²) in [6, 6.07) is 0. The van der Waals surface area contributed by atoms with Crippen molar-refractivity contribution in [1.29, 1.82) is 0 Å². The Bertz CT molecular complexity index is 184. The number of methoxy groups -OCH3 is 1. The molecule has 1 aliphatic rings. The van der Waals surface area contributed by atoms with E-state index in [9.17, 15) is 0 Å². The monoisotopic (exact) mass is 153 g/mol. The molecular formula is C9H15NO. The molecule has 1 aliphatic carbocycles. The van der Waals surface area contributed by atoms with Gasteiger partial charge in [0.2, 0.25) is 0 Å². The molecule has 0 aromatic heterocycles. The third-order valence-corrected chi connectivity index (χ3v) is 2.12. The Labute approximate surface area is 68.1 Å². The number of hydrogen-bond acceptors (Lipinski definition) is 2. The Morgan fingerprint density at radius 2 is 2.09 bits per heavy atom. The number of ether oxygens (including phenoxy) is 1. The van der Waals surface area contributed by atoms with E-state index >= 15 is 0 Å². The zero-order valence-corrected chi connectivity index (χ0v) is 7.37. The third kappa shape index (κ3) is 1.52. The van der Waals surface area contributed by atoms with Gasteiger partial charge in [-0.3, -0.25) is 4.90 Å². The minimum absolute atomic E-state index is 0.214. The standard InChI is InChI=1S/C9H15NO/c1-10(2)9(11-3)7-5-4-6-8-9/h4-7H,8H2,1-3H3. The fourth-order valence-electron chi connectivity index (χ4n) is 1.26. The summed E-state index contributed by atoms with van der Waals surface area (Å²) in [6.45, 7) is 0. The van der Waals surface area contributed by atoms with Crippen LogP contribution in [0, 0.1) is 0 Å². The molecule has 0 radical (unpaired) electrons. The summed E-state index contributed by atoms with van der Waals surface area (Å²) in [5, 5.41) is 0. The molecule has 0 aromatic rings. The molecule has 0 spiro atoms. The Morgan fingerprint density at radius 1 is 1.36 bits per heavy atom. The van der Waals surface area contributed by atoms with Crippen LogP contribution in [0.5, 0.6) is 0 Å². The Balaban J connectivity index is 2.77. The van der Waals surface area contributed by atoms with Gasteiger partial charge in [-0.05, 0) is 20.2 Å². The SMILES string of the molecule is COC1(N(C)C)C=CC=CC1. The fourth-order valence-corrected chi connectivity index (χ4v) is 1.26. The minimum atomic E-state index is -0.214. The smallest absolute Gasteiger partial charge is 0.143 e. The summed E-state index contributed by atoms with van der Waals surface area (Å²) < 4.78 is 5.43. The maximum absolute atomic E-state index is 5.43. The van der Waals surface area contributed by atoms with Gasteiger partial charge >= 0.3 is 0 Å². The molecular weight excluding hydrogens is 138 g/mol. The van der Waals surface area contributed by atoms with Crippen molar-refractivity contribution in [2.75, 3.05) is 21.2 Å². The first-order valence-electron chi connectivity index (χ1n) is 3.78. The van der Waals surface area contributed by atoms with Crippen molar-refractivity contribution in [3.05, 3.63) is 24.3 Å². The second-order valence-corrected chi connectivity index (χ2v) is 2.93. The quantitative estimate of drug-likeness (QED) is 0.556. The Morgan fingerprint density at radius 3 is 2.36 bits per heavy atom. The number of rotatable bonds is 2. The van der Waals surface area contributed by atoms with Gasteiger partial charge < -0.3 is 4.74 Å². The maximum atomic E-state index is 5.43. The normalized spacial score (nSPS) is 29.8. The third-order valence-electron chi connectivity index (χ3n) is 2.12. The van der Waals surface area contributed by atoms with Crippen LogP contribution in [-0.4, -0.2) is 31.8 Å². The summed E-state index contributed by atoms with van der Waals surface area (Å²) in [5.41, 5.74) is -0.214. The molecule has 11 heavy (non-hydrogen) atoms. The molecule has 1 unspecified atom stereocenters. The van der Waals surface area contributed by atoms with E-state index in [1.807, 2.05) is 26.2 Å². The van der Waals surface area contributed by atoms with E-state index in [2.05, 4.69) is 17.1 Å². The van der Waals surface area contributed by atoms with Gasteiger partial charge in [0, 0.05) is 13.5 Å². The van der Waals surface area contributed by atoms with Crippen molar-refractivity contribution < 1.29 is 4.74 Å². The summed E-state index contributed by atoms with van der Waals surface area (Å²) >= 11 is 0. The molecule has 1 rings (SSSR count). The van der Waals surface area contributed by atoms with E-state index in [1.54, 1.807) is 7.11 Å². The lowest BCUT2D eigenvalue weighted by Crippen LogP contribution is -2.44. The largest absolute Gasteiger partial charge is 0.360 e. The van der Waals surface area contributed by atoms with Crippen LogP contribution in [-0.2, 0) is 4.74 Å². The molecule has 0 bridgehead atoms. The molecule has 0 aromatic carbocycles. The molecule has 2 heteroatoms. The highest BCUT2D eigenvalue weighted by Crippen LogP contribution is 2.23. The topological polar surface area (TPSA) is 12.5 Å². The van der Waals surface area contributed by atoms with Crippen LogP contribution in [0.3, 0.4) is 0 Å². The Hall–Kier alpha value is -0.600. The zero-order valence-electron chi connectivity index (χ0n) is 7.37. The number of hydrogen-bond donors (Lipinski definition) is 0. The zero-order chi connectivity index (χ0) is 8.32. The highest BCUT2D eigenvalue weighted by molar-refractivity contribution is 5.17. The van der Waals surface area contributed by atoms with Crippen LogP contribution in [0.4, 0.5) is 0 Å². The van der Waals surface area contributed by atoms with Crippen molar-refractivity contribution in [3.8, 4) is 0 Å². The van der Waals surface area contributed by atoms with E-state index in [1.165, 1.54) is 0 Å². The van der Waals surface area contributed by atoms with Gasteiger partial charge in [-0.1, -0.05) is 18.2 Å². The van der Waals surface area contributed by atoms with Crippen LogP contribution >= 0.6 is 0 Å². The fraction of sp³-hybridized carbons (Fsp3) is 0.556. The second kappa shape index (κ2) is 3.20. The van der Waals surface area contributed by atoms with E-state index < -0.39 is 0 Å². The molecule has 1 atom stereocenters. The molecule has 0 fully saturated rings. The van der Waals surface area contributed by atoms with Crippen LogP contribution in [0.25, 0.3) is 0 Å². The van der Waals surface area contributed by atoms with E-state index in [0.29, 0.717) is 0 Å². The van der Waals surface area contributed by atoms with Gasteiger partial charge in [0.1, 0.15) is 5.72 Å². The predicted molar refractivity (Wildman–Crippen MR) is 46.3 cm³/mol. The van der Waals surface area contributed by atoms with Gasteiger partial charge in [0.15, 0.2) is 0 Å². The predicted octanol–water partition coefficient (Wildman–Crippen LogP) is 1.41. The van der Waals surface area contributed by atoms with Gasteiger partial charge in [0.25, 0.3) is 0 Å². The van der Waals surface area contributed by atoms with Crippen LogP contribution in [0.1, 0.15) is 6.42 Å². The lowest BCUT2D eigenvalue weighted by molar-refractivity contribution is -0.0724. The molecule has 0 N–H and O–H groups in total. The molecule has 0 saturated carbocycles. The maximum Gasteiger partial charge on any atom is 0.143 e. The lowest BCUT2D eigenvalue weighted by atomic mass is 10.0. The average Bonchev–Trinajstić information content (AvgIpc) is 2.05. The first kappa shape index (κ1) is 8.50. The van der Waals surface area contributed by atoms with Crippen molar-refractivity contribution in [2.45, 2.75) is 12.1 Å². The summed E-state index contributed by atoms with van der Waals surface area (Å²) in [7, 11) is 5.78. The van der Waals surface area contributed by atoms with E-state index in [0.717, 1.165) is 6.42 Å². The van der Waals surface area contributed by atoms with Crippen molar-refractivity contribution >= 4 is 0 Å². The molecule has 0 aliphatic heterocycles. The second-order valence-electron chi connectivity index (χ2n) is 2.93. The average molecular weight is 153 g/mol. The molecule has 2 nitrogen and oxygen atoms in total. The highest BCUT2D eigenvalue weighted by Gasteiger charge is 2.28. The molecule has 0 amide bonds. The van der Waals surface area contributed by atoms with Crippen LogP contribution in [0.2, 0.25) is 0 Å². The van der Waals surface area contributed by atoms with E-state index in [-0.39, 0.29) is 5.72 Å². The first-order chi connectivity index (χ1) is 5.21. The van der Waals surface area contributed by atoms with Gasteiger partial charge in [-0.2, -0.15) is 0 Å². The lowest BCUT2D eigenvalue weighted by Gasteiger charge is -2.36. The van der Waals surface area contributed by atoms with Gasteiger partial charge in [-0.25, -0.2) is 0 Å². The first-order valence-corrected chi connectivity index (χ1v) is 3.78. The minimum Gasteiger partial charge on any atom is -0.360 e. The summed E-state index contributed by atoms with van der Waals surface area (Å²) in [5.74, 6) is 0. The van der Waals surface area contributed by atoms with Gasteiger partial charge in [0.05, 0.1) is 0 Å². The Kier molecular flexibility index (Phi) is 2.47. The molecule has 62 valence electrons. The number of nitrogens with zero attached hydrogens (tertiary/aromatic N) is 1. The number of allylic oxidation sites excluding steroid dienone is 2. The number of likely N-dealkylation sites (N-methyl/N-ethyl adjacent to an activating group) is 1. The van der Waals surface area contributed by atoms with Crippen LogP contribution in [0.15, 0.2) is 24.3 Å². The van der Waals surface area contributed by atoms with Crippen molar-refractivity contribution in [2.24, 2.45) is 0 Å². The van der Waals surface area contributed by atoms with Crippen molar-refractivity contribution in [1.82, 2.24) is 4.90 Å². The highest BCUT2D eigenvalue weighted by atomic mass is 16.5. The molecule has 0 heterocycles. The van der Waals surface area contributed by atoms with E-state index in [4.69, 9.17) is 4.74 Å². The van der Waals surface area contributed by atoms with Crippen LogP contribution < -0.4 is 0 Å². The summed E-state index contributed by atoms with van der Waals surface area (Å²) in [4.78, 5) is 2.08. The molecule has 0 saturated heterocycles. The summed E-state index contributed by atoms with van der Waals surface area (Å²) in [6.07, 6.45) is 9.18. The van der Waals surface area contributed by atoms with Crippen molar-refractivity contribution in [3.63, 3.8) is 0 Å².